The lowest BCUT2D eigenvalue weighted by Crippen LogP contribution is -2.45. The van der Waals surface area contributed by atoms with Crippen molar-refractivity contribution in [1.29, 1.82) is 0 Å². The van der Waals surface area contributed by atoms with Crippen LogP contribution in [0.15, 0.2) is 10.6 Å². The van der Waals surface area contributed by atoms with Crippen LogP contribution in [0.25, 0.3) is 0 Å². The number of aliphatic carboxylic acids is 1. The van der Waals surface area contributed by atoms with Crippen molar-refractivity contribution in [2.45, 2.75) is 32.9 Å². The summed E-state index contributed by atoms with van der Waals surface area (Å²) in [5, 5.41) is 13.5. The van der Waals surface area contributed by atoms with Crippen molar-refractivity contribution in [3.63, 3.8) is 0 Å². The Labute approximate surface area is 98.2 Å². The minimum absolute atomic E-state index is 0.121. The van der Waals surface area contributed by atoms with E-state index < -0.39 is 18.0 Å². The Morgan fingerprint density at radius 3 is 2.76 bits per heavy atom. The van der Waals surface area contributed by atoms with Gasteiger partial charge in [-0.3, -0.25) is 0 Å². The van der Waals surface area contributed by atoms with Gasteiger partial charge in [-0.05, 0) is 13.3 Å². The molecule has 1 atom stereocenters. The second kappa shape index (κ2) is 5.88. The molecular formula is C10H15N3O4. The quantitative estimate of drug-likeness (QED) is 0.701. The first-order chi connectivity index (χ1) is 8.02. The van der Waals surface area contributed by atoms with Gasteiger partial charge in [0.2, 0.25) is 5.89 Å². The largest absolute Gasteiger partial charge is 0.480 e. The second-order valence-electron chi connectivity index (χ2n) is 3.49. The third-order valence-electron chi connectivity index (χ3n) is 2.08. The molecule has 0 bridgehead atoms. The van der Waals surface area contributed by atoms with Crippen molar-refractivity contribution in [2.24, 2.45) is 0 Å². The summed E-state index contributed by atoms with van der Waals surface area (Å²) < 4.78 is 5.14. The lowest BCUT2D eigenvalue weighted by molar-refractivity contribution is -0.139. The van der Waals surface area contributed by atoms with Crippen molar-refractivity contribution < 1.29 is 19.1 Å². The van der Waals surface area contributed by atoms with Crippen LogP contribution in [0.1, 0.15) is 25.0 Å². The van der Waals surface area contributed by atoms with Gasteiger partial charge in [-0.1, -0.05) is 6.92 Å². The Morgan fingerprint density at radius 1 is 1.59 bits per heavy atom. The lowest BCUT2D eigenvalue weighted by Gasteiger charge is -2.12. The Morgan fingerprint density at radius 2 is 2.29 bits per heavy atom. The highest BCUT2D eigenvalue weighted by molar-refractivity contribution is 5.82. The van der Waals surface area contributed by atoms with Crippen molar-refractivity contribution in [3.05, 3.63) is 17.8 Å². The van der Waals surface area contributed by atoms with E-state index >= 15 is 0 Å². The highest BCUT2D eigenvalue weighted by atomic mass is 16.4. The fraction of sp³-hybridized carbons (Fsp3) is 0.500. The fourth-order valence-corrected chi connectivity index (χ4v) is 1.19. The summed E-state index contributed by atoms with van der Waals surface area (Å²) in [6.45, 7) is 3.54. The topological polar surface area (TPSA) is 104 Å². The van der Waals surface area contributed by atoms with E-state index in [9.17, 15) is 9.59 Å². The van der Waals surface area contributed by atoms with Gasteiger partial charge in [0.25, 0.3) is 0 Å². The smallest absolute Gasteiger partial charge is 0.326 e. The molecule has 0 spiro atoms. The number of hydrogen-bond acceptors (Lipinski definition) is 4. The van der Waals surface area contributed by atoms with E-state index in [-0.39, 0.29) is 6.54 Å². The van der Waals surface area contributed by atoms with Gasteiger partial charge in [0.1, 0.15) is 11.8 Å². The standard InChI is InChI=1S/C10H15N3O4/c1-3-7(9(14)15)13-10(16)12-5-8-11-4-6(2)17-8/h4,7H,3,5H2,1-2H3,(H,14,15)(H2,12,13,16)/t7-/m0/s1. The third kappa shape index (κ3) is 4.13. The Hall–Kier alpha value is -2.05. The Balaban J connectivity index is 2.37. The van der Waals surface area contributed by atoms with E-state index in [1.807, 2.05) is 0 Å². The first kappa shape index (κ1) is 13.0. The average Bonchev–Trinajstić information content (AvgIpc) is 2.68. The molecule has 0 radical (unpaired) electrons. The van der Waals surface area contributed by atoms with Crippen molar-refractivity contribution in [2.75, 3.05) is 0 Å². The van der Waals surface area contributed by atoms with E-state index in [1.165, 1.54) is 0 Å². The molecule has 3 N–H and O–H groups in total. The monoisotopic (exact) mass is 241 g/mol. The first-order valence-corrected chi connectivity index (χ1v) is 5.21. The van der Waals surface area contributed by atoms with Crippen LogP contribution in [0.2, 0.25) is 0 Å². The summed E-state index contributed by atoms with van der Waals surface area (Å²) in [4.78, 5) is 25.9. The first-order valence-electron chi connectivity index (χ1n) is 5.21. The number of aromatic nitrogens is 1. The fourth-order valence-electron chi connectivity index (χ4n) is 1.19. The molecule has 0 aliphatic heterocycles. The zero-order chi connectivity index (χ0) is 12.8. The molecule has 0 saturated heterocycles. The summed E-state index contributed by atoms with van der Waals surface area (Å²) in [6.07, 6.45) is 1.86. The number of carboxylic acids is 1. The highest BCUT2D eigenvalue weighted by Gasteiger charge is 2.17. The maximum absolute atomic E-state index is 11.3. The lowest BCUT2D eigenvalue weighted by atomic mass is 10.2. The molecule has 1 heterocycles. The summed E-state index contributed by atoms with van der Waals surface area (Å²) in [5.74, 6) is -0.0326. The molecular weight excluding hydrogens is 226 g/mol. The number of hydrogen-bond donors (Lipinski definition) is 3. The molecule has 7 nitrogen and oxygen atoms in total. The molecule has 7 heteroatoms. The van der Waals surface area contributed by atoms with Crippen molar-refractivity contribution in [3.8, 4) is 0 Å². The molecule has 1 aromatic heterocycles. The number of carbonyl (C=O) groups is 2. The van der Waals surface area contributed by atoms with Crippen LogP contribution >= 0.6 is 0 Å². The van der Waals surface area contributed by atoms with Gasteiger partial charge < -0.3 is 20.2 Å². The third-order valence-corrected chi connectivity index (χ3v) is 2.08. The number of oxazole rings is 1. The van der Waals surface area contributed by atoms with Gasteiger partial charge in [0.05, 0.1) is 12.7 Å². The molecule has 1 rings (SSSR count). The summed E-state index contributed by atoms with van der Waals surface area (Å²) >= 11 is 0. The van der Waals surface area contributed by atoms with E-state index in [1.54, 1.807) is 20.0 Å². The van der Waals surface area contributed by atoms with E-state index in [4.69, 9.17) is 9.52 Å². The van der Waals surface area contributed by atoms with Crippen LogP contribution < -0.4 is 10.6 Å². The minimum atomic E-state index is -1.06. The average molecular weight is 241 g/mol. The number of urea groups is 1. The van der Waals surface area contributed by atoms with Crippen molar-refractivity contribution >= 4 is 12.0 Å². The summed E-state index contributed by atoms with van der Waals surface area (Å²) in [6, 6.07) is -1.45. The van der Waals surface area contributed by atoms with Gasteiger partial charge in [-0.15, -0.1) is 0 Å². The van der Waals surface area contributed by atoms with Crippen LogP contribution in [0.4, 0.5) is 4.79 Å². The van der Waals surface area contributed by atoms with E-state index in [0.717, 1.165) is 0 Å². The predicted molar refractivity (Wildman–Crippen MR) is 58.3 cm³/mol. The Kier molecular flexibility index (Phi) is 4.50. The van der Waals surface area contributed by atoms with Crippen LogP contribution in [-0.4, -0.2) is 28.1 Å². The molecule has 0 aliphatic rings. The molecule has 2 amide bonds. The number of carboxylic acid groups (broad SMARTS) is 1. The Bertz CT molecular complexity index is 402. The van der Waals surface area contributed by atoms with E-state index in [0.29, 0.717) is 18.1 Å². The molecule has 0 unspecified atom stereocenters. The highest BCUT2D eigenvalue weighted by Crippen LogP contribution is 2.00. The number of aryl methyl sites for hydroxylation is 1. The van der Waals surface area contributed by atoms with Gasteiger partial charge in [0, 0.05) is 0 Å². The van der Waals surface area contributed by atoms with Crippen LogP contribution in [0.3, 0.4) is 0 Å². The molecule has 0 fully saturated rings. The van der Waals surface area contributed by atoms with Gasteiger partial charge in [-0.25, -0.2) is 14.6 Å². The SMILES string of the molecule is CC[C@H](NC(=O)NCc1ncc(C)o1)C(=O)O. The van der Waals surface area contributed by atoms with Crippen LogP contribution in [-0.2, 0) is 11.3 Å². The molecule has 1 aromatic rings. The molecule has 17 heavy (non-hydrogen) atoms. The maximum atomic E-state index is 11.3. The zero-order valence-electron chi connectivity index (χ0n) is 9.69. The van der Waals surface area contributed by atoms with Crippen molar-refractivity contribution in [1.82, 2.24) is 15.6 Å². The van der Waals surface area contributed by atoms with Crippen LogP contribution in [0, 0.1) is 6.92 Å². The molecule has 0 saturated carbocycles. The molecule has 94 valence electrons. The summed E-state index contributed by atoms with van der Waals surface area (Å²) in [7, 11) is 0. The molecule has 0 aliphatic carbocycles. The maximum Gasteiger partial charge on any atom is 0.326 e. The summed E-state index contributed by atoms with van der Waals surface area (Å²) in [5.41, 5.74) is 0. The molecule has 0 aromatic carbocycles. The number of carbonyl (C=O) groups excluding carboxylic acids is 1. The minimum Gasteiger partial charge on any atom is -0.480 e. The van der Waals surface area contributed by atoms with Gasteiger partial charge in [0.15, 0.2) is 0 Å². The van der Waals surface area contributed by atoms with Crippen LogP contribution in [0.5, 0.6) is 0 Å². The van der Waals surface area contributed by atoms with E-state index in [2.05, 4.69) is 15.6 Å². The normalized spacial score (nSPS) is 11.9. The predicted octanol–water partition coefficient (Wildman–Crippen LogP) is 0.645. The number of nitrogens with zero attached hydrogens (tertiary/aromatic N) is 1. The van der Waals surface area contributed by atoms with Gasteiger partial charge >= 0.3 is 12.0 Å². The number of rotatable bonds is 5. The van der Waals surface area contributed by atoms with Gasteiger partial charge in [-0.2, -0.15) is 0 Å². The zero-order valence-corrected chi connectivity index (χ0v) is 9.69. The number of amides is 2. The number of nitrogens with one attached hydrogen (secondary N) is 2. The second-order valence-corrected chi connectivity index (χ2v) is 3.49.